The van der Waals surface area contributed by atoms with Crippen LogP contribution < -0.4 is 5.32 Å². The maximum absolute atomic E-state index is 12.7. The van der Waals surface area contributed by atoms with E-state index in [2.05, 4.69) is 15.3 Å². The molecule has 0 fully saturated rings. The Morgan fingerprint density at radius 1 is 1.18 bits per heavy atom. The minimum absolute atomic E-state index is 0.0666. The van der Waals surface area contributed by atoms with Crippen LogP contribution in [0.4, 0.5) is 5.69 Å². The first-order chi connectivity index (χ1) is 10.8. The third kappa shape index (κ3) is 2.17. The molecule has 4 nitrogen and oxygen atoms in total. The summed E-state index contributed by atoms with van der Waals surface area (Å²) in [7, 11) is 0. The van der Waals surface area contributed by atoms with E-state index in [9.17, 15) is 4.79 Å². The first-order valence-electron chi connectivity index (χ1n) is 7.64. The van der Waals surface area contributed by atoms with Gasteiger partial charge in [-0.15, -0.1) is 0 Å². The average molecular weight is 291 g/mol. The number of para-hydroxylation sites is 1. The van der Waals surface area contributed by atoms with E-state index < -0.39 is 0 Å². The van der Waals surface area contributed by atoms with Gasteiger partial charge in [-0.05, 0) is 49.1 Å². The Hall–Kier alpha value is -2.62. The molecule has 2 N–H and O–H groups in total. The average Bonchev–Trinajstić information content (AvgIpc) is 2.94. The van der Waals surface area contributed by atoms with Crippen molar-refractivity contribution in [2.45, 2.75) is 25.2 Å². The molecule has 1 aromatic carbocycles. The number of fused-ring (bicyclic) bond motifs is 3. The van der Waals surface area contributed by atoms with Gasteiger partial charge in [0.05, 0.1) is 5.92 Å². The van der Waals surface area contributed by atoms with Crippen LogP contribution in [0.25, 0.3) is 11.0 Å². The maximum atomic E-state index is 12.7. The number of rotatable bonds is 2. The van der Waals surface area contributed by atoms with E-state index >= 15 is 0 Å². The predicted octanol–water partition coefficient (Wildman–Crippen LogP) is 3.62. The van der Waals surface area contributed by atoms with Crippen LogP contribution in [0.5, 0.6) is 0 Å². The number of carbonyl (C=O) groups is 1. The number of hydrogen-bond donors (Lipinski definition) is 2. The molecule has 2 aromatic heterocycles. The summed E-state index contributed by atoms with van der Waals surface area (Å²) in [5.41, 5.74) is 4.01. The van der Waals surface area contributed by atoms with E-state index in [-0.39, 0.29) is 11.8 Å². The molecule has 0 saturated carbocycles. The number of H-pyrrole nitrogens is 1. The number of benzene rings is 1. The highest BCUT2D eigenvalue weighted by Crippen LogP contribution is 2.37. The van der Waals surface area contributed by atoms with Crippen molar-refractivity contribution in [3.05, 3.63) is 59.9 Å². The summed E-state index contributed by atoms with van der Waals surface area (Å²) in [5, 5.41) is 4.11. The zero-order valence-corrected chi connectivity index (χ0v) is 12.2. The van der Waals surface area contributed by atoms with Gasteiger partial charge in [-0.2, -0.15) is 0 Å². The number of anilines is 1. The van der Waals surface area contributed by atoms with Gasteiger partial charge < -0.3 is 10.3 Å². The van der Waals surface area contributed by atoms with Crippen LogP contribution in [0.15, 0.2) is 48.7 Å². The summed E-state index contributed by atoms with van der Waals surface area (Å²) in [6, 6.07) is 13.6. The van der Waals surface area contributed by atoms with Crippen molar-refractivity contribution in [3.63, 3.8) is 0 Å². The molecule has 4 heteroatoms. The van der Waals surface area contributed by atoms with Gasteiger partial charge in [-0.3, -0.25) is 4.79 Å². The maximum Gasteiger partial charge on any atom is 0.232 e. The molecule has 0 radical (unpaired) electrons. The van der Waals surface area contributed by atoms with Crippen LogP contribution in [0.1, 0.15) is 30.0 Å². The molecule has 1 amide bonds. The van der Waals surface area contributed by atoms with Crippen molar-refractivity contribution in [3.8, 4) is 0 Å². The van der Waals surface area contributed by atoms with Crippen LogP contribution in [0, 0.1) is 0 Å². The fraction of sp³-hybridized carbons (Fsp3) is 0.222. The highest BCUT2D eigenvalue weighted by molar-refractivity contribution is 5.99. The molecule has 0 spiro atoms. The van der Waals surface area contributed by atoms with E-state index in [1.165, 1.54) is 0 Å². The fourth-order valence-corrected chi connectivity index (χ4v) is 3.33. The summed E-state index contributed by atoms with van der Waals surface area (Å²) in [4.78, 5) is 20.5. The normalized spacial score (nSPS) is 17.2. The quantitative estimate of drug-likeness (QED) is 0.757. The van der Waals surface area contributed by atoms with Gasteiger partial charge in [-0.1, -0.05) is 18.2 Å². The van der Waals surface area contributed by atoms with Crippen molar-refractivity contribution >= 4 is 22.6 Å². The molecule has 1 aliphatic rings. The summed E-state index contributed by atoms with van der Waals surface area (Å²) in [6.45, 7) is 0. The summed E-state index contributed by atoms with van der Waals surface area (Å²) in [6.07, 6.45) is 4.67. The molecule has 2 heterocycles. The lowest BCUT2D eigenvalue weighted by Gasteiger charge is -2.22. The van der Waals surface area contributed by atoms with Gasteiger partial charge in [0.25, 0.3) is 0 Å². The van der Waals surface area contributed by atoms with Gasteiger partial charge in [0.15, 0.2) is 0 Å². The highest BCUT2D eigenvalue weighted by atomic mass is 16.1. The topological polar surface area (TPSA) is 57.8 Å². The first-order valence-corrected chi connectivity index (χ1v) is 7.64. The molecular weight excluding hydrogens is 274 g/mol. The lowest BCUT2D eigenvalue weighted by molar-refractivity contribution is -0.117. The number of nitrogens with one attached hydrogen (secondary N) is 2. The van der Waals surface area contributed by atoms with Gasteiger partial charge in [0, 0.05) is 23.0 Å². The Kier molecular flexibility index (Phi) is 3.15. The van der Waals surface area contributed by atoms with Crippen molar-refractivity contribution in [1.82, 2.24) is 9.97 Å². The number of hydrogen-bond acceptors (Lipinski definition) is 2. The van der Waals surface area contributed by atoms with E-state index in [1.54, 1.807) is 6.20 Å². The van der Waals surface area contributed by atoms with E-state index in [4.69, 9.17) is 0 Å². The second-order valence-electron chi connectivity index (χ2n) is 5.72. The second kappa shape index (κ2) is 5.30. The largest absolute Gasteiger partial charge is 0.343 e. The molecule has 110 valence electrons. The first kappa shape index (κ1) is 13.1. The van der Waals surface area contributed by atoms with E-state index in [0.717, 1.165) is 47.2 Å². The van der Waals surface area contributed by atoms with Crippen molar-refractivity contribution in [1.29, 1.82) is 0 Å². The minimum Gasteiger partial charge on any atom is -0.343 e. The molecule has 1 atom stereocenters. The summed E-state index contributed by atoms with van der Waals surface area (Å²) in [5.74, 6) is -0.0428. The Balaban J connectivity index is 1.71. The third-order valence-electron chi connectivity index (χ3n) is 4.32. The number of nitrogens with zero attached hydrogens (tertiary/aromatic N) is 1. The summed E-state index contributed by atoms with van der Waals surface area (Å²) >= 11 is 0. The summed E-state index contributed by atoms with van der Waals surface area (Å²) < 4.78 is 0. The Morgan fingerprint density at radius 2 is 2.05 bits per heavy atom. The number of amides is 1. The van der Waals surface area contributed by atoms with Gasteiger partial charge >= 0.3 is 0 Å². The van der Waals surface area contributed by atoms with Crippen molar-refractivity contribution in [2.75, 3.05) is 5.32 Å². The fourth-order valence-electron chi connectivity index (χ4n) is 3.33. The van der Waals surface area contributed by atoms with Crippen LogP contribution in [-0.4, -0.2) is 15.9 Å². The molecule has 1 aliphatic carbocycles. The molecule has 0 bridgehead atoms. The molecule has 0 saturated heterocycles. The van der Waals surface area contributed by atoms with Crippen LogP contribution in [0.3, 0.4) is 0 Å². The number of aromatic amines is 1. The minimum atomic E-state index is -0.109. The smallest absolute Gasteiger partial charge is 0.232 e. The van der Waals surface area contributed by atoms with Gasteiger partial charge in [-0.25, -0.2) is 4.98 Å². The van der Waals surface area contributed by atoms with Crippen molar-refractivity contribution < 1.29 is 4.79 Å². The van der Waals surface area contributed by atoms with Crippen LogP contribution in [0.2, 0.25) is 0 Å². The predicted molar refractivity (Wildman–Crippen MR) is 86.8 cm³/mol. The number of carbonyl (C=O) groups excluding carboxylic acids is 1. The van der Waals surface area contributed by atoms with Gasteiger partial charge in [0.1, 0.15) is 5.65 Å². The number of pyridine rings is 1. The molecule has 4 rings (SSSR count). The van der Waals surface area contributed by atoms with Crippen molar-refractivity contribution in [2.24, 2.45) is 0 Å². The lowest BCUT2D eigenvalue weighted by Crippen LogP contribution is -2.24. The molecular formula is C18H17N3O. The van der Waals surface area contributed by atoms with Crippen LogP contribution in [-0.2, 0) is 11.2 Å². The number of aryl methyl sites for hydroxylation is 1. The van der Waals surface area contributed by atoms with Crippen LogP contribution >= 0.6 is 0 Å². The van der Waals surface area contributed by atoms with Gasteiger partial charge in [0.2, 0.25) is 5.91 Å². The third-order valence-corrected chi connectivity index (χ3v) is 4.32. The molecule has 22 heavy (non-hydrogen) atoms. The molecule has 3 aromatic rings. The second-order valence-corrected chi connectivity index (χ2v) is 5.72. The Bertz CT molecular complexity index is 823. The SMILES string of the molecule is O=C(Nc1ccccc1)C1CCCc2[nH]c3ncccc3c21. The number of aromatic nitrogens is 2. The molecule has 1 unspecified atom stereocenters. The Labute approximate surface area is 128 Å². The zero-order chi connectivity index (χ0) is 14.9. The lowest BCUT2D eigenvalue weighted by atomic mass is 9.84. The highest BCUT2D eigenvalue weighted by Gasteiger charge is 2.30. The standard InChI is InChI=1S/C18H17N3O/c22-18(20-12-6-2-1-3-7-12)14-8-4-10-15-16(14)13-9-5-11-19-17(13)21-15/h1-3,5-7,9,11,14H,4,8,10H2,(H,19,21)(H,20,22). The Morgan fingerprint density at radius 3 is 2.91 bits per heavy atom. The monoisotopic (exact) mass is 291 g/mol. The van der Waals surface area contributed by atoms with E-state index in [0.29, 0.717) is 0 Å². The zero-order valence-electron chi connectivity index (χ0n) is 12.2. The molecule has 0 aliphatic heterocycles. The van der Waals surface area contributed by atoms with E-state index in [1.807, 2.05) is 42.5 Å².